The van der Waals surface area contributed by atoms with Gasteiger partial charge in [-0.15, -0.1) is 16.4 Å². The second-order valence-electron chi connectivity index (χ2n) is 8.88. The van der Waals surface area contributed by atoms with E-state index in [1.807, 2.05) is 24.4 Å². The van der Waals surface area contributed by atoms with Crippen LogP contribution in [0.2, 0.25) is 0 Å². The van der Waals surface area contributed by atoms with Crippen LogP contribution in [0.3, 0.4) is 0 Å². The monoisotopic (exact) mass is 465 g/mol. The van der Waals surface area contributed by atoms with Crippen LogP contribution in [0.25, 0.3) is 5.52 Å². The van der Waals surface area contributed by atoms with Crippen molar-refractivity contribution in [1.29, 1.82) is 0 Å². The number of hydrogen-bond acceptors (Lipinski definition) is 9. The highest BCUT2D eigenvalue weighted by atomic mass is 32.1. The third-order valence-corrected chi connectivity index (χ3v) is 6.67. The van der Waals surface area contributed by atoms with Crippen molar-refractivity contribution < 1.29 is 9.90 Å². The number of anilines is 4. The molecule has 4 N–H and O–H groups in total. The summed E-state index contributed by atoms with van der Waals surface area (Å²) in [5, 5.41) is 31.3. The molecule has 0 bridgehead atoms. The van der Waals surface area contributed by atoms with E-state index in [-0.39, 0.29) is 18.9 Å². The lowest BCUT2D eigenvalue weighted by Crippen LogP contribution is -2.41. The molecule has 0 unspecified atom stereocenters. The lowest BCUT2D eigenvalue weighted by Gasteiger charge is -2.24. The molecule has 1 saturated heterocycles. The molecule has 2 fully saturated rings. The molecule has 170 valence electrons. The minimum Gasteiger partial charge on any atom is -0.388 e. The van der Waals surface area contributed by atoms with Crippen molar-refractivity contribution in [3.8, 4) is 0 Å². The van der Waals surface area contributed by atoms with Crippen LogP contribution < -0.4 is 15.5 Å². The number of H-pyrrole nitrogens is 1. The van der Waals surface area contributed by atoms with Crippen molar-refractivity contribution in [1.82, 2.24) is 29.8 Å². The molecule has 2 aliphatic rings. The number of thiazole rings is 1. The average Bonchev–Trinajstić information content (AvgIpc) is 3.20. The van der Waals surface area contributed by atoms with E-state index in [0.717, 1.165) is 11.2 Å². The summed E-state index contributed by atoms with van der Waals surface area (Å²) in [6, 6.07) is 5.15. The van der Waals surface area contributed by atoms with Crippen molar-refractivity contribution in [2.24, 2.45) is 0 Å². The lowest BCUT2D eigenvalue weighted by molar-refractivity contribution is -0.117. The maximum Gasteiger partial charge on any atom is 0.249 e. The molecule has 0 aromatic carbocycles. The third-order valence-electron chi connectivity index (χ3n) is 5.98. The number of aliphatic hydroxyl groups is 1. The molecule has 6 rings (SSSR count). The van der Waals surface area contributed by atoms with Crippen molar-refractivity contribution in [2.75, 3.05) is 22.1 Å². The molecule has 2 atom stereocenters. The molecule has 0 radical (unpaired) electrons. The first kappa shape index (κ1) is 20.1. The second-order valence-corrected chi connectivity index (χ2v) is 9.77. The Morgan fingerprint density at radius 3 is 3.06 bits per heavy atom. The first-order valence-corrected chi connectivity index (χ1v) is 11.7. The Morgan fingerprint density at radius 2 is 2.27 bits per heavy atom. The highest BCUT2D eigenvalue weighted by Crippen LogP contribution is 2.40. The normalized spacial score (nSPS) is 22.7. The van der Waals surface area contributed by atoms with Gasteiger partial charge in [-0.2, -0.15) is 10.1 Å². The largest absolute Gasteiger partial charge is 0.388 e. The molecule has 11 nitrogen and oxygen atoms in total. The zero-order valence-corrected chi connectivity index (χ0v) is 18.7. The van der Waals surface area contributed by atoms with Gasteiger partial charge in [0.25, 0.3) is 0 Å². The number of nitrogens with one attached hydrogen (secondary N) is 3. The zero-order valence-electron chi connectivity index (χ0n) is 17.9. The number of rotatable bonds is 6. The summed E-state index contributed by atoms with van der Waals surface area (Å²) in [5.74, 6) is 1.90. The minimum absolute atomic E-state index is 0.226. The maximum absolute atomic E-state index is 13.1. The molecule has 12 heteroatoms. The van der Waals surface area contributed by atoms with Gasteiger partial charge in [0, 0.05) is 41.9 Å². The average molecular weight is 466 g/mol. The molecule has 1 aliphatic carbocycles. The number of aromatic amines is 1. The zero-order chi connectivity index (χ0) is 22.6. The summed E-state index contributed by atoms with van der Waals surface area (Å²) in [7, 11) is 0. The summed E-state index contributed by atoms with van der Waals surface area (Å²) < 4.78 is 1.71. The van der Waals surface area contributed by atoms with Crippen LogP contribution in [0.5, 0.6) is 0 Å². The highest BCUT2D eigenvalue weighted by Gasteiger charge is 2.44. The summed E-state index contributed by atoms with van der Waals surface area (Å²) in [4.78, 5) is 23.7. The maximum atomic E-state index is 13.1. The van der Waals surface area contributed by atoms with Crippen molar-refractivity contribution in [2.45, 2.75) is 43.7 Å². The summed E-state index contributed by atoms with van der Waals surface area (Å²) in [6.45, 7) is 1.94. The first-order valence-electron chi connectivity index (χ1n) is 10.8. The van der Waals surface area contributed by atoms with Crippen molar-refractivity contribution >= 4 is 45.5 Å². The Balaban J connectivity index is 1.33. The molecule has 1 saturated carbocycles. The highest BCUT2D eigenvalue weighted by molar-refractivity contribution is 7.13. The van der Waals surface area contributed by atoms with Gasteiger partial charge < -0.3 is 20.6 Å². The van der Waals surface area contributed by atoms with Crippen LogP contribution in [-0.4, -0.2) is 59.0 Å². The first-order chi connectivity index (χ1) is 15.9. The van der Waals surface area contributed by atoms with Gasteiger partial charge in [0.2, 0.25) is 11.9 Å². The van der Waals surface area contributed by atoms with Crippen LogP contribution in [0.1, 0.15) is 37.8 Å². The summed E-state index contributed by atoms with van der Waals surface area (Å²) in [6.07, 6.45) is 6.07. The topological polar surface area (TPSA) is 136 Å². The number of amides is 1. The number of aromatic nitrogens is 6. The van der Waals surface area contributed by atoms with E-state index in [0.29, 0.717) is 28.6 Å². The SMILES string of the molecule is C[C@]1(O)C[C@@H](C(=O)Nc2nccs2)N(c2nc(Nc3cc(C4CC4)[nH]n3)c3cccn3n2)C1. The van der Waals surface area contributed by atoms with E-state index in [1.54, 1.807) is 27.9 Å². The van der Waals surface area contributed by atoms with E-state index >= 15 is 0 Å². The van der Waals surface area contributed by atoms with Gasteiger partial charge in [0.05, 0.1) is 12.1 Å². The van der Waals surface area contributed by atoms with Crippen molar-refractivity contribution in [3.63, 3.8) is 0 Å². The smallest absolute Gasteiger partial charge is 0.249 e. The Labute approximate surface area is 192 Å². The lowest BCUT2D eigenvalue weighted by atomic mass is 10.0. The number of β-amino-alcohol motifs (C(OH)–C–C–N with tert-alkyl or cyclic N) is 1. The van der Waals surface area contributed by atoms with Gasteiger partial charge in [-0.3, -0.25) is 9.89 Å². The molecular weight excluding hydrogens is 442 g/mol. The standard InChI is InChI=1S/C21H23N9O2S/c1-21(32)10-15(18(31)25-20-22-6-8-33-20)29(11-21)19-24-17(14-3-2-7-30(14)28-19)23-16-9-13(26-27-16)12-4-5-12/h2-3,6-9,12,15,32H,4-5,10-11H2,1H3,(H,22,25,31)(H2,23,24,26,27,28)/t15-,21-/m0/s1. The van der Waals surface area contributed by atoms with Crippen molar-refractivity contribution in [3.05, 3.63) is 41.7 Å². The van der Waals surface area contributed by atoms with Crippen LogP contribution in [0.15, 0.2) is 36.0 Å². The fourth-order valence-electron chi connectivity index (χ4n) is 4.25. The number of nitrogens with zero attached hydrogens (tertiary/aromatic N) is 6. The Kier molecular flexibility index (Phi) is 4.59. The van der Waals surface area contributed by atoms with Gasteiger partial charge in [-0.05, 0) is 31.9 Å². The second kappa shape index (κ2) is 7.52. The summed E-state index contributed by atoms with van der Waals surface area (Å²) in [5.41, 5.74) is 0.839. The van der Waals surface area contributed by atoms with Gasteiger partial charge in [0.1, 0.15) is 11.6 Å². The minimum atomic E-state index is -1.06. The molecule has 4 aromatic rings. The van der Waals surface area contributed by atoms with Gasteiger partial charge in [-0.1, -0.05) is 0 Å². The fraction of sp³-hybridized carbons (Fsp3) is 0.381. The van der Waals surface area contributed by atoms with Crippen LogP contribution in [0.4, 0.5) is 22.7 Å². The molecule has 1 aliphatic heterocycles. The predicted molar refractivity (Wildman–Crippen MR) is 124 cm³/mol. The Bertz CT molecular complexity index is 1310. The molecule has 5 heterocycles. The van der Waals surface area contributed by atoms with E-state index in [2.05, 4.69) is 30.9 Å². The predicted octanol–water partition coefficient (Wildman–Crippen LogP) is 2.50. The number of hydrogen-bond donors (Lipinski definition) is 4. The number of carbonyl (C=O) groups is 1. The Hall–Kier alpha value is -3.51. The molecule has 0 spiro atoms. The van der Waals surface area contributed by atoms with E-state index in [1.165, 1.54) is 24.2 Å². The summed E-state index contributed by atoms with van der Waals surface area (Å²) >= 11 is 1.34. The quantitative estimate of drug-likeness (QED) is 0.341. The number of fused-ring (bicyclic) bond motifs is 1. The molecule has 1 amide bonds. The third kappa shape index (κ3) is 3.91. The van der Waals surface area contributed by atoms with Gasteiger partial charge in [-0.25, -0.2) is 9.50 Å². The Morgan fingerprint density at radius 1 is 1.39 bits per heavy atom. The van der Waals surface area contributed by atoms with Crippen LogP contribution in [-0.2, 0) is 4.79 Å². The van der Waals surface area contributed by atoms with E-state index < -0.39 is 11.6 Å². The van der Waals surface area contributed by atoms with Gasteiger partial charge in [0.15, 0.2) is 16.8 Å². The van der Waals surface area contributed by atoms with Gasteiger partial charge >= 0.3 is 0 Å². The van der Waals surface area contributed by atoms with E-state index in [9.17, 15) is 9.90 Å². The molecular formula is C21H23N9O2S. The van der Waals surface area contributed by atoms with Crippen LogP contribution >= 0.6 is 11.3 Å². The molecule has 33 heavy (non-hydrogen) atoms. The van der Waals surface area contributed by atoms with Crippen LogP contribution in [0, 0.1) is 0 Å². The van der Waals surface area contributed by atoms with E-state index in [4.69, 9.17) is 4.98 Å². The fourth-order valence-corrected chi connectivity index (χ4v) is 4.78. The number of carbonyl (C=O) groups excluding carboxylic acids is 1. The molecule has 4 aromatic heterocycles.